The van der Waals surface area contributed by atoms with Crippen molar-refractivity contribution in [3.8, 4) is 5.75 Å². The number of nitrogens with one attached hydrogen (secondary N) is 1. The normalized spacial score (nSPS) is 11.5. The van der Waals surface area contributed by atoms with Gasteiger partial charge in [0.25, 0.3) is 0 Å². The Morgan fingerprint density at radius 3 is 2.55 bits per heavy atom. The van der Waals surface area contributed by atoms with E-state index < -0.39 is 18.1 Å². The molecular weight excluding hydrogens is 290 g/mol. The fraction of sp³-hybridized carbons (Fsp3) is 0.200. The third-order valence-electron chi connectivity index (χ3n) is 2.87. The molecule has 0 aliphatic carbocycles. The molecular formula is C15H15NO6. The van der Waals surface area contributed by atoms with Crippen LogP contribution in [0.5, 0.6) is 5.75 Å². The van der Waals surface area contributed by atoms with Crippen molar-refractivity contribution in [3.05, 3.63) is 54.0 Å². The minimum Gasteiger partial charge on any atom is -0.497 e. The van der Waals surface area contributed by atoms with E-state index >= 15 is 0 Å². The summed E-state index contributed by atoms with van der Waals surface area (Å²) in [6.07, 6.45) is 0.481. The molecule has 2 N–H and O–H groups in total. The number of carboxylic acid groups (broad SMARTS) is 1. The zero-order chi connectivity index (χ0) is 15.9. The molecule has 1 amide bonds. The number of carbonyl (C=O) groups excluding carboxylic acids is 1. The molecule has 1 atom stereocenters. The highest BCUT2D eigenvalue weighted by Crippen LogP contribution is 2.15. The monoisotopic (exact) mass is 305 g/mol. The van der Waals surface area contributed by atoms with Crippen LogP contribution in [0.3, 0.4) is 0 Å². The molecule has 1 unspecified atom stereocenters. The van der Waals surface area contributed by atoms with Crippen molar-refractivity contribution in [2.75, 3.05) is 7.11 Å². The summed E-state index contributed by atoms with van der Waals surface area (Å²) >= 11 is 0. The van der Waals surface area contributed by atoms with Crippen LogP contribution in [0.25, 0.3) is 0 Å². The van der Waals surface area contributed by atoms with Gasteiger partial charge in [-0.3, -0.25) is 0 Å². The predicted molar refractivity (Wildman–Crippen MR) is 75.4 cm³/mol. The Kier molecular flexibility index (Phi) is 5.02. The molecule has 1 aromatic carbocycles. The van der Waals surface area contributed by atoms with Crippen LogP contribution in [0, 0.1) is 0 Å². The minimum atomic E-state index is -1.29. The molecule has 0 radical (unpaired) electrons. The van der Waals surface area contributed by atoms with Crippen molar-refractivity contribution >= 4 is 12.1 Å². The van der Waals surface area contributed by atoms with E-state index in [1.54, 1.807) is 31.4 Å². The highest BCUT2D eigenvalue weighted by atomic mass is 16.5. The maximum Gasteiger partial charge on any atom is 0.408 e. The van der Waals surface area contributed by atoms with Crippen LogP contribution in [-0.2, 0) is 16.1 Å². The fourth-order valence-corrected chi connectivity index (χ4v) is 1.74. The SMILES string of the molecule is COc1ccc(COC(=O)NC(C(=O)O)c2ccco2)cc1. The molecule has 0 aliphatic heterocycles. The number of carboxylic acids is 1. The molecule has 2 aromatic rings. The number of rotatable bonds is 6. The Labute approximate surface area is 126 Å². The van der Waals surface area contributed by atoms with Crippen LogP contribution in [0.15, 0.2) is 47.1 Å². The number of furan rings is 1. The first kappa shape index (κ1) is 15.4. The molecule has 22 heavy (non-hydrogen) atoms. The first-order valence-electron chi connectivity index (χ1n) is 6.42. The molecule has 1 heterocycles. The van der Waals surface area contributed by atoms with E-state index in [4.69, 9.17) is 19.0 Å². The summed E-state index contributed by atoms with van der Waals surface area (Å²) in [5, 5.41) is 11.3. The number of hydrogen-bond acceptors (Lipinski definition) is 5. The van der Waals surface area contributed by atoms with Gasteiger partial charge >= 0.3 is 12.1 Å². The van der Waals surface area contributed by atoms with Crippen molar-refractivity contribution in [2.24, 2.45) is 0 Å². The Hall–Kier alpha value is -2.96. The van der Waals surface area contributed by atoms with Gasteiger partial charge in [-0.15, -0.1) is 0 Å². The van der Waals surface area contributed by atoms with Gasteiger partial charge in [0.1, 0.15) is 18.1 Å². The number of aliphatic carboxylic acids is 1. The molecule has 0 spiro atoms. The topological polar surface area (TPSA) is 98.0 Å². The lowest BCUT2D eigenvalue weighted by Gasteiger charge is -2.12. The van der Waals surface area contributed by atoms with Crippen LogP contribution in [0.1, 0.15) is 17.4 Å². The van der Waals surface area contributed by atoms with Gasteiger partial charge in [0.15, 0.2) is 6.04 Å². The van der Waals surface area contributed by atoms with E-state index in [-0.39, 0.29) is 12.4 Å². The number of ether oxygens (including phenoxy) is 2. The van der Waals surface area contributed by atoms with Crippen LogP contribution in [-0.4, -0.2) is 24.3 Å². The number of methoxy groups -OCH3 is 1. The summed E-state index contributed by atoms with van der Waals surface area (Å²) in [5.74, 6) is -0.429. The van der Waals surface area contributed by atoms with Gasteiger partial charge in [0, 0.05) is 0 Å². The number of hydrogen-bond donors (Lipinski definition) is 2. The molecule has 0 fully saturated rings. The molecule has 0 bridgehead atoms. The average Bonchev–Trinajstić information content (AvgIpc) is 3.04. The van der Waals surface area contributed by atoms with Crippen molar-refractivity contribution in [2.45, 2.75) is 12.6 Å². The second kappa shape index (κ2) is 7.16. The van der Waals surface area contributed by atoms with Gasteiger partial charge in [-0.2, -0.15) is 0 Å². The number of benzene rings is 1. The van der Waals surface area contributed by atoms with Gasteiger partial charge in [0.2, 0.25) is 0 Å². The number of alkyl carbamates (subject to hydrolysis) is 1. The lowest BCUT2D eigenvalue weighted by atomic mass is 10.2. The lowest BCUT2D eigenvalue weighted by Crippen LogP contribution is -2.33. The third-order valence-corrected chi connectivity index (χ3v) is 2.87. The Bertz CT molecular complexity index is 620. The summed E-state index contributed by atoms with van der Waals surface area (Å²) in [5.41, 5.74) is 0.751. The summed E-state index contributed by atoms with van der Waals surface area (Å²) in [6, 6.07) is 8.66. The van der Waals surface area contributed by atoms with Crippen LogP contribution in [0.4, 0.5) is 4.79 Å². The Morgan fingerprint density at radius 1 is 1.27 bits per heavy atom. The first-order valence-corrected chi connectivity index (χ1v) is 6.42. The summed E-state index contributed by atoms with van der Waals surface area (Å²) < 4.78 is 15.0. The second-order valence-electron chi connectivity index (χ2n) is 4.36. The summed E-state index contributed by atoms with van der Waals surface area (Å²) in [6.45, 7) is 0.0142. The minimum absolute atomic E-state index is 0.0142. The largest absolute Gasteiger partial charge is 0.497 e. The number of amides is 1. The van der Waals surface area contributed by atoms with Gasteiger partial charge in [-0.05, 0) is 29.8 Å². The molecule has 7 heteroatoms. The van der Waals surface area contributed by atoms with Gasteiger partial charge in [-0.1, -0.05) is 12.1 Å². The van der Waals surface area contributed by atoms with Crippen LogP contribution >= 0.6 is 0 Å². The van der Waals surface area contributed by atoms with Gasteiger partial charge in [-0.25, -0.2) is 9.59 Å². The van der Waals surface area contributed by atoms with Crippen LogP contribution < -0.4 is 10.1 Å². The highest BCUT2D eigenvalue weighted by molar-refractivity contribution is 5.80. The fourth-order valence-electron chi connectivity index (χ4n) is 1.74. The molecule has 116 valence electrons. The van der Waals surface area contributed by atoms with E-state index in [0.29, 0.717) is 5.75 Å². The highest BCUT2D eigenvalue weighted by Gasteiger charge is 2.25. The molecule has 0 aliphatic rings. The Morgan fingerprint density at radius 2 is 2.00 bits per heavy atom. The van der Waals surface area contributed by atoms with Crippen molar-refractivity contribution < 1.29 is 28.6 Å². The maximum absolute atomic E-state index is 11.7. The molecule has 7 nitrogen and oxygen atoms in total. The van der Waals surface area contributed by atoms with Crippen LogP contribution in [0.2, 0.25) is 0 Å². The zero-order valence-electron chi connectivity index (χ0n) is 11.8. The van der Waals surface area contributed by atoms with E-state index in [0.717, 1.165) is 5.56 Å². The van der Waals surface area contributed by atoms with Gasteiger partial charge in [0.05, 0.1) is 13.4 Å². The predicted octanol–water partition coefficient (Wildman–Crippen LogP) is 2.34. The zero-order valence-corrected chi connectivity index (χ0v) is 11.8. The Balaban J connectivity index is 1.89. The molecule has 0 saturated heterocycles. The maximum atomic E-state index is 11.7. The first-order chi connectivity index (χ1) is 10.6. The van der Waals surface area contributed by atoms with E-state index in [1.807, 2.05) is 0 Å². The summed E-state index contributed by atoms with van der Waals surface area (Å²) in [7, 11) is 1.56. The standard InChI is InChI=1S/C15H15NO6/c1-20-11-6-4-10(5-7-11)9-22-15(19)16-13(14(17)18)12-3-2-8-21-12/h2-8,13H,9H2,1H3,(H,16,19)(H,17,18). The third kappa shape index (κ3) is 4.02. The van der Waals surface area contributed by atoms with Crippen molar-refractivity contribution in [1.82, 2.24) is 5.32 Å². The van der Waals surface area contributed by atoms with Crippen molar-refractivity contribution in [1.29, 1.82) is 0 Å². The second-order valence-corrected chi connectivity index (χ2v) is 4.36. The molecule has 0 saturated carbocycles. The van der Waals surface area contributed by atoms with Gasteiger partial charge < -0.3 is 24.3 Å². The molecule has 2 rings (SSSR count). The summed E-state index contributed by atoms with van der Waals surface area (Å²) in [4.78, 5) is 22.8. The van der Waals surface area contributed by atoms with E-state index in [9.17, 15) is 9.59 Å². The van der Waals surface area contributed by atoms with E-state index in [1.165, 1.54) is 18.4 Å². The quantitative estimate of drug-likeness (QED) is 0.850. The average molecular weight is 305 g/mol. The van der Waals surface area contributed by atoms with Crippen molar-refractivity contribution in [3.63, 3.8) is 0 Å². The molecule has 1 aromatic heterocycles. The number of carbonyl (C=O) groups is 2. The smallest absolute Gasteiger partial charge is 0.408 e. The van der Waals surface area contributed by atoms with E-state index in [2.05, 4.69) is 5.32 Å². The lowest BCUT2D eigenvalue weighted by molar-refractivity contribution is -0.140.